The number of hydrogen-bond acceptors (Lipinski definition) is 6. The molecule has 0 spiro atoms. The van der Waals surface area contributed by atoms with Gasteiger partial charge < -0.3 is 14.5 Å². The van der Waals surface area contributed by atoms with Gasteiger partial charge >= 0.3 is 0 Å². The molecule has 2 fully saturated rings. The van der Waals surface area contributed by atoms with Gasteiger partial charge in [-0.2, -0.15) is 4.31 Å². The van der Waals surface area contributed by atoms with E-state index < -0.39 is 15.9 Å². The minimum Gasteiger partial charge on any atom is -0.495 e. The van der Waals surface area contributed by atoms with Gasteiger partial charge in [0.2, 0.25) is 11.8 Å². The number of thiophene rings is 1. The molecule has 4 rings (SSSR count). The molecule has 0 unspecified atom stereocenters. The molecule has 0 saturated carbocycles. The van der Waals surface area contributed by atoms with Crippen LogP contribution in [0, 0.1) is 5.92 Å². The van der Waals surface area contributed by atoms with Gasteiger partial charge in [-0.05, 0) is 23.6 Å². The minimum atomic E-state index is -3.51. The number of methoxy groups -OCH3 is 1. The summed E-state index contributed by atoms with van der Waals surface area (Å²) in [6.07, 6.45) is 0.143. The third-order valence-electron chi connectivity index (χ3n) is 5.49. The second-order valence-electron chi connectivity index (χ2n) is 7.24. The molecule has 0 bridgehead atoms. The van der Waals surface area contributed by atoms with Crippen LogP contribution in [0.5, 0.6) is 5.75 Å². The second kappa shape index (κ2) is 8.37. The molecule has 1 aromatic heterocycles. The van der Waals surface area contributed by atoms with Crippen LogP contribution >= 0.6 is 11.3 Å². The molecule has 0 radical (unpaired) electrons. The maximum atomic E-state index is 13.0. The Bertz CT molecular complexity index is 1030. The molecule has 2 aliphatic heterocycles. The van der Waals surface area contributed by atoms with Crippen molar-refractivity contribution in [2.75, 3.05) is 44.7 Å². The van der Waals surface area contributed by atoms with E-state index in [1.54, 1.807) is 46.6 Å². The lowest BCUT2D eigenvalue weighted by atomic mass is 10.1. The number of anilines is 1. The summed E-state index contributed by atoms with van der Waals surface area (Å²) < 4.78 is 32.4. The van der Waals surface area contributed by atoms with Gasteiger partial charge in [-0.3, -0.25) is 9.59 Å². The van der Waals surface area contributed by atoms with Crippen LogP contribution in [-0.4, -0.2) is 69.3 Å². The molecule has 10 heteroatoms. The summed E-state index contributed by atoms with van der Waals surface area (Å²) in [6.45, 7) is 1.45. The zero-order valence-corrected chi connectivity index (χ0v) is 18.2. The molecule has 2 aromatic rings. The van der Waals surface area contributed by atoms with Crippen molar-refractivity contribution in [3.63, 3.8) is 0 Å². The SMILES string of the molecule is COc1ccccc1N1C[C@H](C(=O)N2CCN(S(=O)(=O)c3cccs3)CC2)CC1=O. The van der Waals surface area contributed by atoms with Gasteiger partial charge in [-0.15, -0.1) is 11.3 Å². The predicted octanol–water partition coefficient (Wildman–Crippen LogP) is 1.64. The van der Waals surface area contributed by atoms with E-state index in [-0.39, 0.29) is 31.3 Å². The number of amides is 2. The zero-order chi connectivity index (χ0) is 21.3. The number of rotatable bonds is 5. The molecule has 2 aliphatic rings. The Balaban J connectivity index is 1.40. The van der Waals surface area contributed by atoms with Gasteiger partial charge in [0, 0.05) is 39.1 Å². The fourth-order valence-corrected chi connectivity index (χ4v) is 6.47. The number of carbonyl (C=O) groups excluding carboxylic acids is 2. The average Bonchev–Trinajstić information content (AvgIpc) is 3.44. The van der Waals surface area contributed by atoms with Gasteiger partial charge in [0.15, 0.2) is 0 Å². The van der Waals surface area contributed by atoms with Gasteiger partial charge in [0.1, 0.15) is 9.96 Å². The smallest absolute Gasteiger partial charge is 0.252 e. The molecule has 160 valence electrons. The van der Waals surface area contributed by atoms with Crippen LogP contribution in [0.1, 0.15) is 6.42 Å². The molecule has 1 aromatic carbocycles. The highest BCUT2D eigenvalue weighted by atomic mass is 32.2. The van der Waals surface area contributed by atoms with Crippen LogP contribution < -0.4 is 9.64 Å². The van der Waals surface area contributed by atoms with Gasteiger partial charge in [0.25, 0.3) is 10.0 Å². The van der Waals surface area contributed by atoms with Gasteiger partial charge in [-0.25, -0.2) is 8.42 Å². The minimum absolute atomic E-state index is 0.103. The molecule has 8 nitrogen and oxygen atoms in total. The van der Waals surface area contributed by atoms with Crippen molar-refractivity contribution >= 4 is 38.9 Å². The first-order valence-electron chi connectivity index (χ1n) is 9.67. The van der Waals surface area contributed by atoms with Gasteiger partial charge in [-0.1, -0.05) is 18.2 Å². The highest BCUT2D eigenvalue weighted by molar-refractivity contribution is 7.91. The Morgan fingerprint density at radius 3 is 2.50 bits per heavy atom. The first-order valence-corrected chi connectivity index (χ1v) is 12.0. The van der Waals surface area contributed by atoms with E-state index in [9.17, 15) is 18.0 Å². The Hall–Kier alpha value is -2.43. The van der Waals surface area contributed by atoms with Crippen LogP contribution in [0.3, 0.4) is 0 Å². The second-order valence-corrected chi connectivity index (χ2v) is 10.4. The molecule has 3 heterocycles. The van der Waals surface area contributed by atoms with E-state index in [2.05, 4.69) is 0 Å². The Labute approximate surface area is 179 Å². The summed E-state index contributed by atoms with van der Waals surface area (Å²) >= 11 is 1.19. The van der Waals surface area contributed by atoms with Crippen LogP contribution in [0.4, 0.5) is 5.69 Å². The number of piperazine rings is 1. The summed E-state index contributed by atoms with van der Waals surface area (Å²) in [5.74, 6) is -0.0695. The maximum absolute atomic E-state index is 13.0. The van der Waals surface area contributed by atoms with E-state index >= 15 is 0 Å². The average molecular weight is 450 g/mol. The normalized spacial score (nSPS) is 20.6. The van der Waals surface area contributed by atoms with E-state index in [1.807, 2.05) is 12.1 Å². The number of ether oxygens (including phenoxy) is 1. The van der Waals surface area contributed by atoms with Crippen LogP contribution in [0.25, 0.3) is 0 Å². The molecular formula is C20H23N3O5S2. The highest BCUT2D eigenvalue weighted by Crippen LogP contribution is 2.33. The lowest BCUT2D eigenvalue weighted by Crippen LogP contribution is -2.52. The maximum Gasteiger partial charge on any atom is 0.252 e. The largest absolute Gasteiger partial charge is 0.495 e. The van der Waals surface area contributed by atoms with Gasteiger partial charge in [0.05, 0.1) is 18.7 Å². The fraction of sp³-hybridized carbons (Fsp3) is 0.400. The highest BCUT2D eigenvalue weighted by Gasteiger charge is 2.39. The third kappa shape index (κ3) is 3.82. The molecular weight excluding hydrogens is 426 g/mol. The molecule has 0 N–H and O–H groups in total. The lowest BCUT2D eigenvalue weighted by molar-refractivity contribution is -0.136. The summed E-state index contributed by atoms with van der Waals surface area (Å²) in [7, 11) is -1.96. The summed E-state index contributed by atoms with van der Waals surface area (Å²) in [5.41, 5.74) is 0.659. The van der Waals surface area contributed by atoms with E-state index in [0.29, 0.717) is 35.3 Å². The molecule has 2 saturated heterocycles. The summed E-state index contributed by atoms with van der Waals surface area (Å²) in [5, 5.41) is 1.73. The Kier molecular flexibility index (Phi) is 5.81. The summed E-state index contributed by atoms with van der Waals surface area (Å²) in [4.78, 5) is 28.8. The Morgan fingerprint density at radius 1 is 1.10 bits per heavy atom. The number of carbonyl (C=O) groups is 2. The van der Waals surface area contributed by atoms with Crippen molar-refractivity contribution in [3.8, 4) is 5.75 Å². The zero-order valence-electron chi connectivity index (χ0n) is 16.6. The van der Waals surface area contributed by atoms with Crippen LogP contribution in [0.2, 0.25) is 0 Å². The summed E-state index contributed by atoms with van der Waals surface area (Å²) in [6, 6.07) is 10.5. The molecule has 2 amide bonds. The number of benzene rings is 1. The van der Waals surface area contributed by atoms with Crippen molar-refractivity contribution in [2.24, 2.45) is 5.92 Å². The molecule has 0 aliphatic carbocycles. The first kappa shape index (κ1) is 20.8. The van der Waals surface area contributed by atoms with Crippen molar-refractivity contribution < 1.29 is 22.7 Å². The number of sulfonamides is 1. The van der Waals surface area contributed by atoms with E-state index in [4.69, 9.17) is 4.74 Å². The standard InChI is InChI=1S/C20H23N3O5S2/c1-28-17-6-3-2-5-16(17)23-14-15(13-18(23)24)20(25)21-8-10-22(11-9-21)30(26,27)19-7-4-12-29-19/h2-7,12,15H,8-11,13-14H2,1H3/t15-/m1/s1. The fourth-order valence-electron chi connectivity index (χ4n) is 3.90. The number of nitrogens with zero attached hydrogens (tertiary/aromatic N) is 3. The van der Waals surface area contributed by atoms with E-state index in [0.717, 1.165) is 0 Å². The van der Waals surface area contributed by atoms with Crippen LogP contribution in [0.15, 0.2) is 46.0 Å². The molecule has 30 heavy (non-hydrogen) atoms. The van der Waals surface area contributed by atoms with Crippen molar-refractivity contribution in [1.29, 1.82) is 0 Å². The quantitative estimate of drug-likeness (QED) is 0.693. The number of hydrogen-bond donors (Lipinski definition) is 0. The monoisotopic (exact) mass is 449 g/mol. The number of para-hydroxylation sites is 2. The van der Waals surface area contributed by atoms with Crippen LogP contribution in [-0.2, 0) is 19.6 Å². The lowest BCUT2D eigenvalue weighted by Gasteiger charge is -2.35. The van der Waals surface area contributed by atoms with Crippen molar-refractivity contribution in [2.45, 2.75) is 10.6 Å². The van der Waals surface area contributed by atoms with Crippen molar-refractivity contribution in [1.82, 2.24) is 9.21 Å². The topological polar surface area (TPSA) is 87.2 Å². The molecule has 1 atom stereocenters. The predicted molar refractivity (Wildman–Crippen MR) is 113 cm³/mol. The Morgan fingerprint density at radius 2 is 1.83 bits per heavy atom. The third-order valence-corrected chi connectivity index (χ3v) is 8.76. The van der Waals surface area contributed by atoms with Crippen molar-refractivity contribution in [3.05, 3.63) is 41.8 Å². The van der Waals surface area contributed by atoms with E-state index in [1.165, 1.54) is 15.6 Å². The first-order chi connectivity index (χ1) is 14.4.